The molecule has 25 heavy (non-hydrogen) atoms. The molecule has 5 heteroatoms. The lowest BCUT2D eigenvalue weighted by molar-refractivity contribution is 0.0384. The van der Waals surface area contributed by atoms with Crippen LogP contribution in [0.25, 0.3) is 0 Å². The van der Waals surface area contributed by atoms with E-state index >= 15 is 0 Å². The number of benzene rings is 2. The van der Waals surface area contributed by atoms with Crippen molar-refractivity contribution < 1.29 is 9.47 Å². The van der Waals surface area contributed by atoms with E-state index in [4.69, 9.17) is 21.1 Å². The zero-order valence-corrected chi connectivity index (χ0v) is 15.2. The monoisotopic (exact) mass is 360 g/mol. The van der Waals surface area contributed by atoms with Crippen LogP contribution >= 0.6 is 11.6 Å². The highest BCUT2D eigenvalue weighted by molar-refractivity contribution is 6.30. The van der Waals surface area contributed by atoms with Gasteiger partial charge < -0.3 is 14.8 Å². The number of nitrogens with one attached hydrogen (secondary N) is 1. The summed E-state index contributed by atoms with van der Waals surface area (Å²) in [4.78, 5) is 2.43. The molecule has 0 aliphatic carbocycles. The number of morpholine rings is 1. The van der Waals surface area contributed by atoms with Gasteiger partial charge in [-0.05, 0) is 23.8 Å². The fourth-order valence-corrected chi connectivity index (χ4v) is 3.08. The molecule has 1 heterocycles. The summed E-state index contributed by atoms with van der Waals surface area (Å²) >= 11 is 6.03. The van der Waals surface area contributed by atoms with Gasteiger partial charge in [0.15, 0.2) is 0 Å². The molecule has 0 saturated carbocycles. The summed E-state index contributed by atoms with van der Waals surface area (Å²) in [6.45, 7) is 7.08. The van der Waals surface area contributed by atoms with Gasteiger partial charge in [0.2, 0.25) is 0 Å². The van der Waals surface area contributed by atoms with Gasteiger partial charge in [0, 0.05) is 43.3 Å². The van der Waals surface area contributed by atoms with E-state index in [0.717, 1.165) is 62.3 Å². The van der Waals surface area contributed by atoms with Crippen LogP contribution in [0.4, 0.5) is 0 Å². The Balaban J connectivity index is 1.46. The average Bonchev–Trinajstić information content (AvgIpc) is 2.65. The first-order valence-electron chi connectivity index (χ1n) is 8.77. The minimum atomic E-state index is 0.519. The van der Waals surface area contributed by atoms with Crippen LogP contribution in [0.3, 0.4) is 0 Å². The number of nitrogens with zero attached hydrogens (tertiary/aromatic N) is 1. The van der Waals surface area contributed by atoms with E-state index in [0.29, 0.717) is 6.61 Å². The standard InChI is InChI=1S/C20H25ClN2O2/c21-19-6-3-4-17(14-19)16-25-20-7-2-1-5-18(20)15-22-8-9-23-10-12-24-13-11-23/h1-7,14,22H,8-13,15-16H2. The molecule has 1 fully saturated rings. The van der Waals surface area contributed by atoms with Crippen LogP contribution in [-0.2, 0) is 17.9 Å². The Morgan fingerprint density at radius 2 is 1.92 bits per heavy atom. The molecule has 1 saturated heterocycles. The maximum atomic E-state index is 6.03. The first kappa shape index (κ1) is 18.2. The topological polar surface area (TPSA) is 33.7 Å². The van der Waals surface area contributed by atoms with Crippen molar-refractivity contribution in [1.29, 1.82) is 0 Å². The van der Waals surface area contributed by atoms with Crippen molar-refractivity contribution in [2.24, 2.45) is 0 Å². The highest BCUT2D eigenvalue weighted by Gasteiger charge is 2.09. The highest BCUT2D eigenvalue weighted by atomic mass is 35.5. The number of hydrogen-bond donors (Lipinski definition) is 1. The summed E-state index contributed by atoms with van der Waals surface area (Å²) < 4.78 is 11.4. The van der Waals surface area contributed by atoms with Crippen LogP contribution in [0.1, 0.15) is 11.1 Å². The van der Waals surface area contributed by atoms with E-state index in [1.165, 1.54) is 5.56 Å². The van der Waals surface area contributed by atoms with Crippen LogP contribution in [0.5, 0.6) is 5.75 Å². The van der Waals surface area contributed by atoms with Crippen LogP contribution in [0.15, 0.2) is 48.5 Å². The molecule has 0 amide bonds. The zero-order chi connectivity index (χ0) is 17.3. The molecule has 0 unspecified atom stereocenters. The normalized spacial score (nSPS) is 15.2. The first-order valence-corrected chi connectivity index (χ1v) is 9.15. The number of rotatable bonds is 8. The Labute approximate surface area is 154 Å². The summed E-state index contributed by atoms with van der Waals surface area (Å²) in [5.74, 6) is 0.918. The Hall–Kier alpha value is -1.59. The Morgan fingerprint density at radius 3 is 2.76 bits per heavy atom. The lowest BCUT2D eigenvalue weighted by Crippen LogP contribution is -2.40. The lowest BCUT2D eigenvalue weighted by atomic mass is 10.2. The van der Waals surface area contributed by atoms with Crippen molar-refractivity contribution in [3.05, 3.63) is 64.7 Å². The zero-order valence-electron chi connectivity index (χ0n) is 14.4. The van der Waals surface area contributed by atoms with E-state index in [1.54, 1.807) is 0 Å². The quantitative estimate of drug-likeness (QED) is 0.732. The molecule has 2 aromatic carbocycles. The molecule has 3 rings (SSSR count). The van der Waals surface area contributed by atoms with Crippen molar-refractivity contribution >= 4 is 11.6 Å². The summed E-state index contributed by atoms with van der Waals surface area (Å²) in [5, 5.41) is 4.25. The molecule has 4 nitrogen and oxygen atoms in total. The van der Waals surface area contributed by atoms with Gasteiger partial charge in [-0.15, -0.1) is 0 Å². The van der Waals surface area contributed by atoms with Gasteiger partial charge >= 0.3 is 0 Å². The van der Waals surface area contributed by atoms with Crippen LogP contribution in [0, 0.1) is 0 Å². The van der Waals surface area contributed by atoms with Crippen molar-refractivity contribution in [2.45, 2.75) is 13.2 Å². The van der Waals surface area contributed by atoms with E-state index < -0.39 is 0 Å². The summed E-state index contributed by atoms with van der Waals surface area (Å²) in [7, 11) is 0. The SMILES string of the molecule is Clc1cccc(COc2ccccc2CNCCN2CCOCC2)c1. The highest BCUT2D eigenvalue weighted by Crippen LogP contribution is 2.20. The van der Waals surface area contributed by atoms with Gasteiger partial charge in [0.1, 0.15) is 12.4 Å². The van der Waals surface area contributed by atoms with Gasteiger partial charge in [0.25, 0.3) is 0 Å². The molecule has 1 aliphatic rings. The third kappa shape index (κ3) is 6.01. The minimum Gasteiger partial charge on any atom is -0.489 e. The van der Waals surface area contributed by atoms with Crippen molar-refractivity contribution in [2.75, 3.05) is 39.4 Å². The second-order valence-electron chi connectivity index (χ2n) is 6.16. The van der Waals surface area contributed by atoms with Crippen molar-refractivity contribution in [3.8, 4) is 5.75 Å². The summed E-state index contributed by atoms with van der Waals surface area (Å²) in [6.07, 6.45) is 0. The fraction of sp³-hybridized carbons (Fsp3) is 0.400. The summed E-state index contributed by atoms with van der Waals surface area (Å²) in [6, 6.07) is 16.0. The lowest BCUT2D eigenvalue weighted by Gasteiger charge is -2.26. The van der Waals surface area contributed by atoms with Gasteiger partial charge in [-0.2, -0.15) is 0 Å². The molecular formula is C20H25ClN2O2. The molecule has 1 N–H and O–H groups in total. The fourth-order valence-electron chi connectivity index (χ4n) is 2.86. The number of ether oxygens (including phenoxy) is 2. The van der Waals surface area contributed by atoms with Gasteiger partial charge in [-0.3, -0.25) is 4.90 Å². The van der Waals surface area contributed by atoms with E-state index in [1.807, 2.05) is 42.5 Å². The number of para-hydroxylation sites is 1. The molecule has 2 aromatic rings. The second kappa shape index (κ2) is 9.78. The third-order valence-corrected chi connectivity index (χ3v) is 4.52. The van der Waals surface area contributed by atoms with E-state index in [9.17, 15) is 0 Å². The minimum absolute atomic E-state index is 0.519. The average molecular weight is 361 g/mol. The maximum absolute atomic E-state index is 6.03. The smallest absolute Gasteiger partial charge is 0.124 e. The number of hydrogen-bond acceptors (Lipinski definition) is 4. The summed E-state index contributed by atoms with van der Waals surface area (Å²) in [5.41, 5.74) is 2.24. The predicted octanol–water partition coefficient (Wildman–Crippen LogP) is 3.34. The Morgan fingerprint density at radius 1 is 1.08 bits per heavy atom. The number of halogens is 1. The van der Waals surface area contributed by atoms with E-state index in [2.05, 4.69) is 16.3 Å². The molecule has 0 aromatic heterocycles. The molecule has 0 bridgehead atoms. The van der Waals surface area contributed by atoms with Crippen LogP contribution < -0.4 is 10.1 Å². The Bertz CT molecular complexity index is 660. The first-order chi connectivity index (χ1) is 12.3. The second-order valence-corrected chi connectivity index (χ2v) is 6.59. The Kier molecular flexibility index (Phi) is 7.12. The maximum Gasteiger partial charge on any atom is 0.124 e. The third-order valence-electron chi connectivity index (χ3n) is 4.28. The van der Waals surface area contributed by atoms with Crippen LogP contribution in [-0.4, -0.2) is 44.3 Å². The van der Waals surface area contributed by atoms with Crippen molar-refractivity contribution in [1.82, 2.24) is 10.2 Å². The van der Waals surface area contributed by atoms with Gasteiger partial charge in [-0.25, -0.2) is 0 Å². The molecule has 0 atom stereocenters. The van der Waals surface area contributed by atoms with E-state index in [-0.39, 0.29) is 0 Å². The molecular weight excluding hydrogens is 336 g/mol. The van der Waals surface area contributed by atoms with Crippen LogP contribution in [0.2, 0.25) is 5.02 Å². The van der Waals surface area contributed by atoms with Crippen molar-refractivity contribution in [3.63, 3.8) is 0 Å². The largest absolute Gasteiger partial charge is 0.489 e. The predicted molar refractivity (Wildman–Crippen MR) is 101 cm³/mol. The van der Waals surface area contributed by atoms with Gasteiger partial charge in [-0.1, -0.05) is 41.9 Å². The molecule has 134 valence electrons. The molecule has 1 aliphatic heterocycles. The molecule has 0 spiro atoms. The molecule has 0 radical (unpaired) electrons. The van der Waals surface area contributed by atoms with Gasteiger partial charge in [0.05, 0.1) is 13.2 Å².